The van der Waals surface area contributed by atoms with Crippen LogP contribution in [0.3, 0.4) is 0 Å². The van der Waals surface area contributed by atoms with Crippen LogP contribution in [-0.2, 0) is 0 Å². The predicted octanol–water partition coefficient (Wildman–Crippen LogP) is 6.16. The number of hydrogen-bond acceptors (Lipinski definition) is 6. The van der Waals surface area contributed by atoms with Gasteiger partial charge in [-0.15, -0.1) is 0 Å². The molecule has 4 rings (SSSR count). The normalized spacial score (nSPS) is 14.3. The quantitative estimate of drug-likeness (QED) is 0.340. The van der Waals surface area contributed by atoms with E-state index in [0.29, 0.717) is 55.9 Å². The van der Waals surface area contributed by atoms with E-state index < -0.39 is 0 Å². The van der Waals surface area contributed by atoms with Crippen LogP contribution in [-0.4, -0.2) is 48.2 Å². The summed E-state index contributed by atoms with van der Waals surface area (Å²) in [6.45, 7) is 7.38. The molecule has 10 heteroatoms. The first-order valence-corrected chi connectivity index (χ1v) is 12.7. The highest BCUT2D eigenvalue weighted by molar-refractivity contribution is 6.36. The van der Waals surface area contributed by atoms with Gasteiger partial charge in [-0.3, -0.25) is 4.98 Å². The number of benzene rings is 2. The van der Waals surface area contributed by atoms with Crippen molar-refractivity contribution in [3.63, 3.8) is 0 Å². The number of pyridine rings is 1. The molecule has 0 bridgehead atoms. The molecule has 1 fully saturated rings. The monoisotopic (exact) mass is 526 g/mol. The molecule has 0 spiro atoms. The Morgan fingerprint density at radius 3 is 2.64 bits per heavy atom. The lowest BCUT2D eigenvalue weighted by atomic mass is 10.1. The zero-order valence-corrected chi connectivity index (χ0v) is 21.7. The van der Waals surface area contributed by atoms with Gasteiger partial charge in [-0.25, -0.2) is 4.79 Å². The van der Waals surface area contributed by atoms with E-state index in [4.69, 9.17) is 27.9 Å². The molecule has 3 aromatic rings. The van der Waals surface area contributed by atoms with Crippen LogP contribution < -0.4 is 20.7 Å². The Labute approximate surface area is 220 Å². The molecule has 0 saturated carbocycles. The number of piperidine rings is 1. The number of likely N-dealkylation sites (tertiary alicyclic amines) is 1. The predicted molar refractivity (Wildman–Crippen MR) is 145 cm³/mol. The second kappa shape index (κ2) is 11.7. The fourth-order valence-electron chi connectivity index (χ4n) is 4.27. The molecule has 8 nitrogen and oxygen atoms in total. The molecule has 1 aromatic heterocycles. The number of rotatable bonds is 7. The molecule has 188 valence electrons. The number of nitriles is 1. The lowest BCUT2D eigenvalue weighted by Gasteiger charge is -2.31. The lowest BCUT2D eigenvalue weighted by Crippen LogP contribution is -2.45. The molecule has 1 aliphatic rings. The number of amides is 2. The standard InChI is InChI=1S/C26H28Cl2N6O2/c1-3-34-9-7-18(8-10-34)31-26(35)33-23-12-19-22(13-24(23)36-4-2)30-15-16(14-29)25(19)32-21-6-5-17(27)11-20(21)28/h5-6,11-13,15,18H,3-4,7-10H2,1-2H3,(H,30,32)(H2,31,33,35). The summed E-state index contributed by atoms with van der Waals surface area (Å²) in [4.78, 5) is 19.7. The highest BCUT2D eigenvalue weighted by Gasteiger charge is 2.21. The van der Waals surface area contributed by atoms with E-state index in [0.717, 1.165) is 32.5 Å². The van der Waals surface area contributed by atoms with Crippen LogP contribution in [0.25, 0.3) is 10.9 Å². The van der Waals surface area contributed by atoms with Gasteiger partial charge in [0.15, 0.2) is 0 Å². The van der Waals surface area contributed by atoms with Crippen LogP contribution in [0.5, 0.6) is 5.75 Å². The first-order chi connectivity index (χ1) is 17.4. The van der Waals surface area contributed by atoms with Crippen LogP contribution in [0.15, 0.2) is 36.5 Å². The number of halogens is 2. The summed E-state index contributed by atoms with van der Waals surface area (Å²) in [5.74, 6) is 0.494. The number of urea groups is 1. The number of nitrogens with zero attached hydrogens (tertiary/aromatic N) is 3. The van der Waals surface area contributed by atoms with Crippen molar-refractivity contribution in [1.29, 1.82) is 5.26 Å². The fourth-order valence-corrected chi connectivity index (χ4v) is 4.73. The number of fused-ring (bicyclic) bond motifs is 1. The first-order valence-electron chi connectivity index (χ1n) is 11.9. The Kier molecular flexibility index (Phi) is 8.36. The van der Waals surface area contributed by atoms with Crippen LogP contribution >= 0.6 is 23.2 Å². The number of hydrogen-bond donors (Lipinski definition) is 3. The summed E-state index contributed by atoms with van der Waals surface area (Å²) in [6, 6.07) is 10.6. The third kappa shape index (κ3) is 5.93. The minimum absolute atomic E-state index is 0.111. The Balaban J connectivity index is 1.66. The Morgan fingerprint density at radius 1 is 1.19 bits per heavy atom. The van der Waals surface area contributed by atoms with E-state index in [1.165, 1.54) is 6.20 Å². The number of anilines is 3. The van der Waals surface area contributed by atoms with Crippen molar-refractivity contribution in [3.05, 3.63) is 52.1 Å². The summed E-state index contributed by atoms with van der Waals surface area (Å²) in [7, 11) is 0. The van der Waals surface area contributed by atoms with Crippen molar-refractivity contribution in [2.24, 2.45) is 0 Å². The zero-order valence-electron chi connectivity index (χ0n) is 20.2. The van der Waals surface area contributed by atoms with Crippen molar-refractivity contribution < 1.29 is 9.53 Å². The van der Waals surface area contributed by atoms with Crippen LogP contribution in [0, 0.1) is 11.3 Å². The first kappa shape index (κ1) is 25.8. The fraction of sp³-hybridized carbons (Fsp3) is 0.346. The van der Waals surface area contributed by atoms with Crippen LogP contribution in [0.4, 0.5) is 21.9 Å². The van der Waals surface area contributed by atoms with Gasteiger partial charge in [-0.2, -0.15) is 5.26 Å². The van der Waals surface area contributed by atoms with E-state index >= 15 is 0 Å². The highest BCUT2D eigenvalue weighted by Crippen LogP contribution is 2.37. The average molecular weight is 527 g/mol. The van der Waals surface area contributed by atoms with Crippen molar-refractivity contribution in [2.75, 3.05) is 36.9 Å². The minimum atomic E-state index is -0.301. The van der Waals surface area contributed by atoms with Crippen molar-refractivity contribution >= 4 is 57.2 Å². The largest absolute Gasteiger partial charge is 0.492 e. The summed E-state index contributed by atoms with van der Waals surface area (Å²) >= 11 is 12.4. The number of nitrogens with one attached hydrogen (secondary N) is 3. The Hall–Kier alpha value is -3.25. The topological polar surface area (TPSA) is 102 Å². The van der Waals surface area contributed by atoms with Crippen molar-refractivity contribution in [1.82, 2.24) is 15.2 Å². The van der Waals surface area contributed by atoms with Gasteiger partial charge in [-0.05, 0) is 50.6 Å². The van der Waals surface area contributed by atoms with Crippen molar-refractivity contribution in [3.8, 4) is 11.8 Å². The molecular weight excluding hydrogens is 499 g/mol. The highest BCUT2D eigenvalue weighted by atomic mass is 35.5. The van der Waals surface area contributed by atoms with Gasteiger partial charge in [0.25, 0.3) is 0 Å². The summed E-state index contributed by atoms with van der Waals surface area (Å²) < 4.78 is 5.80. The molecule has 36 heavy (non-hydrogen) atoms. The van der Waals surface area contributed by atoms with E-state index in [2.05, 4.69) is 38.8 Å². The number of carbonyl (C=O) groups is 1. The molecule has 3 N–H and O–H groups in total. The smallest absolute Gasteiger partial charge is 0.319 e. The number of ether oxygens (including phenoxy) is 1. The molecule has 2 heterocycles. The second-order valence-electron chi connectivity index (χ2n) is 8.51. The van der Waals surface area contributed by atoms with Gasteiger partial charge in [0, 0.05) is 41.8 Å². The van der Waals surface area contributed by atoms with Gasteiger partial charge in [-0.1, -0.05) is 30.1 Å². The third-order valence-electron chi connectivity index (χ3n) is 6.20. The molecule has 0 unspecified atom stereocenters. The summed E-state index contributed by atoms with van der Waals surface area (Å²) in [5, 5.41) is 20.6. The van der Waals surface area contributed by atoms with Crippen LogP contribution in [0.1, 0.15) is 32.3 Å². The van der Waals surface area contributed by atoms with Gasteiger partial charge in [0.1, 0.15) is 11.8 Å². The number of aromatic nitrogens is 1. The van der Waals surface area contributed by atoms with Crippen LogP contribution in [0.2, 0.25) is 10.0 Å². The van der Waals surface area contributed by atoms with E-state index in [1.807, 2.05) is 6.92 Å². The van der Waals surface area contributed by atoms with Gasteiger partial charge >= 0.3 is 6.03 Å². The maximum absolute atomic E-state index is 12.9. The molecule has 0 radical (unpaired) electrons. The SMILES string of the molecule is CCOc1cc2ncc(C#N)c(Nc3ccc(Cl)cc3Cl)c2cc1NC(=O)NC1CCN(CC)CC1. The van der Waals surface area contributed by atoms with Gasteiger partial charge < -0.3 is 25.6 Å². The molecular formula is C26H28Cl2N6O2. The lowest BCUT2D eigenvalue weighted by molar-refractivity contribution is 0.203. The molecule has 1 aliphatic heterocycles. The maximum Gasteiger partial charge on any atom is 0.319 e. The molecule has 1 saturated heterocycles. The van der Waals surface area contributed by atoms with E-state index in [9.17, 15) is 10.1 Å². The third-order valence-corrected chi connectivity index (χ3v) is 6.75. The van der Waals surface area contributed by atoms with Gasteiger partial charge in [0.05, 0.1) is 39.8 Å². The minimum Gasteiger partial charge on any atom is -0.492 e. The maximum atomic E-state index is 12.9. The van der Waals surface area contributed by atoms with Gasteiger partial charge in [0.2, 0.25) is 0 Å². The van der Waals surface area contributed by atoms with Crippen molar-refractivity contribution in [2.45, 2.75) is 32.7 Å². The Bertz CT molecular complexity index is 1300. The summed E-state index contributed by atoms with van der Waals surface area (Å²) in [5.41, 5.74) is 2.52. The molecule has 2 aromatic carbocycles. The Morgan fingerprint density at radius 2 is 1.97 bits per heavy atom. The second-order valence-corrected chi connectivity index (χ2v) is 9.36. The van der Waals surface area contributed by atoms with E-state index in [1.54, 1.807) is 30.3 Å². The summed E-state index contributed by atoms with van der Waals surface area (Å²) in [6.07, 6.45) is 3.30. The number of carbonyl (C=O) groups excluding carboxylic acids is 1. The molecule has 0 aliphatic carbocycles. The zero-order chi connectivity index (χ0) is 25.7. The molecule has 0 atom stereocenters. The molecule has 2 amide bonds. The van der Waals surface area contributed by atoms with E-state index in [-0.39, 0.29) is 12.1 Å². The average Bonchev–Trinajstić information content (AvgIpc) is 2.87.